The van der Waals surface area contributed by atoms with Crippen LogP contribution in [0.15, 0.2) is 60.1 Å². The zero-order valence-corrected chi connectivity index (χ0v) is 18.5. The maximum Gasteiger partial charge on any atom is 0.307 e. The fraction of sp³-hybridized carbons (Fsp3) is 0.0833. The molecule has 6 nitrogen and oxygen atoms in total. The van der Waals surface area contributed by atoms with Gasteiger partial charge in [0.1, 0.15) is 11.6 Å². The fourth-order valence-electron chi connectivity index (χ4n) is 4.08. The van der Waals surface area contributed by atoms with Crippen LogP contribution in [0.4, 0.5) is 11.6 Å². The summed E-state index contributed by atoms with van der Waals surface area (Å²) in [5, 5.41) is 14.2. The summed E-state index contributed by atoms with van der Waals surface area (Å²) in [6.07, 6.45) is 1.88. The van der Waals surface area contributed by atoms with Crippen LogP contribution in [0.1, 0.15) is 11.1 Å². The minimum atomic E-state index is -0.865. The quantitative estimate of drug-likeness (QED) is 0.323. The standard InChI is InChI=1S/C24H19ClN4O2S/c25-17-2-4-21-19(9-17)16(12-32-21)11-29-10-15(8-24(30)31)18-3-1-13(5-20(18)29)14-6-22(26)28-23(27)7-14/h1-7,9-10,12H,8,11H2,(H,30,31)(H4,26,27,28). The van der Waals surface area contributed by atoms with Crippen molar-refractivity contribution in [2.45, 2.75) is 13.0 Å². The number of carboxylic acid groups (broad SMARTS) is 1. The van der Waals surface area contributed by atoms with Gasteiger partial charge in [0.25, 0.3) is 0 Å². The minimum absolute atomic E-state index is 0.0474. The molecule has 0 bridgehead atoms. The number of halogens is 1. The van der Waals surface area contributed by atoms with Gasteiger partial charge in [-0.1, -0.05) is 23.7 Å². The number of benzene rings is 2. The average molecular weight is 463 g/mol. The lowest BCUT2D eigenvalue weighted by molar-refractivity contribution is -0.136. The van der Waals surface area contributed by atoms with Crippen LogP contribution in [0, 0.1) is 0 Å². The number of nitrogen functional groups attached to an aromatic ring is 2. The normalized spacial score (nSPS) is 11.4. The van der Waals surface area contributed by atoms with Crippen molar-refractivity contribution < 1.29 is 9.90 Å². The Labute approximate surface area is 192 Å². The molecule has 3 aromatic heterocycles. The SMILES string of the molecule is Nc1cc(-c2ccc3c(CC(=O)O)cn(Cc4csc5ccc(Cl)cc45)c3c2)cc(N)n1. The van der Waals surface area contributed by atoms with Crippen LogP contribution >= 0.6 is 22.9 Å². The van der Waals surface area contributed by atoms with E-state index in [1.54, 1.807) is 23.5 Å². The number of fused-ring (bicyclic) bond motifs is 2. The number of aliphatic carboxylic acids is 1. The maximum absolute atomic E-state index is 11.5. The fourth-order valence-corrected chi connectivity index (χ4v) is 5.19. The van der Waals surface area contributed by atoms with Gasteiger partial charge >= 0.3 is 5.97 Å². The molecular weight excluding hydrogens is 444 g/mol. The van der Waals surface area contributed by atoms with Crippen molar-refractivity contribution >= 4 is 61.5 Å². The van der Waals surface area contributed by atoms with Crippen molar-refractivity contribution in [3.63, 3.8) is 0 Å². The van der Waals surface area contributed by atoms with Gasteiger partial charge in [0.05, 0.1) is 6.42 Å². The molecule has 160 valence electrons. The molecule has 3 heterocycles. The van der Waals surface area contributed by atoms with E-state index in [0.717, 1.165) is 43.2 Å². The van der Waals surface area contributed by atoms with Crippen LogP contribution in [0.2, 0.25) is 5.02 Å². The Morgan fingerprint density at radius 1 is 1.00 bits per heavy atom. The highest BCUT2D eigenvalue weighted by atomic mass is 35.5. The summed E-state index contributed by atoms with van der Waals surface area (Å²) in [5.41, 5.74) is 16.4. The van der Waals surface area contributed by atoms with E-state index in [1.165, 1.54) is 0 Å². The second-order valence-electron chi connectivity index (χ2n) is 7.69. The van der Waals surface area contributed by atoms with Crippen molar-refractivity contribution in [2.75, 3.05) is 11.5 Å². The molecule has 2 aromatic carbocycles. The predicted octanol–water partition coefficient (Wildman–Crippen LogP) is 5.41. The van der Waals surface area contributed by atoms with Crippen molar-refractivity contribution in [1.29, 1.82) is 0 Å². The van der Waals surface area contributed by atoms with Crippen LogP contribution in [0.25, 0.3) is 32.1 Å². The zero-order chi connectivity index (χ0) is 22.4. The molecule has 0 spiro atoms. The predicted molar refractivity (Wildman–Crippen MR) is 131 cm³/mol. The highest BCUT2D eigenvalue weighted by Crippen LogP contribution is 2.33. The molecule has 0 radical (unpaired) electrons. The lowest BCUT2D eigenvalue weighted by atomic mass is 10.0. The molecule has 0 aliphatic rings. The molecule has 8 heteroatoms. The molecular formula is C24H19ClN4O2S. The minimum Gasteiger partial charge on any atom is -0.481 e. The number of hydrogen-bond donors (Lipinski definition) is 3. The van der Waals surface area contributed by atoms with Gasteiger partial charge in [0.2, 0.25) is 0 Å². The third-order valence-electron chi connectivity index (χ3n) is 5.46. The van der Waals surface area contributed by atoms with Crippen LogP contribution in [0.5, 0.6) is 0 Å². The molecule has 0 amide bonds. The Balaban J connectivity index is 1.66. The van der Waals surface area contributed by atoms with E-state index in [1.807, 2.05) is 42.6 Å². The highest BCUT2D eigenvalue weighted by Gasteiger charge is 2.15. The number of rotatable bonds is 5. The summed E-state index contributed by atoms with van der Waals surface area (Å²) in [4.78, 5) is 15.5. The molecule has 0 fully saturated rings. The Morgan fingerprint density at radius 3 is 2.53 bits per heavy atom. The molecule has 0 aliphatic carbocycles. The van der Waals surface area contributed by atoms with E-state index in [4.69, 9.17) is 23.1 Å². The topological polar surface area (TPSA) is 107 Å². The summed E-state index contributed by atoms with van der Waals surface area (Å²) >= 11 is 7.90. The summed E-state index contributed by atoms with van der Waals surface area (Å²) in [6, 6.07) is 15.4. The van der Waals surface area contributed by atoms with Crippen LogP contribution < -0.4 is 11.5 Å². The second-order valence-corrected chi connectivity index (χ2v) is 9.04. The zero-order valence-electron chi connectivity index (χ0n) is 16.9. The molecule has 0 unspecified atom stereocenters. The number of pyridine rings is 1. The summed E-state index contributed by atoms with van der Waals surface area (Å²) in [5.74, 6) is -0.164. The number of nitrogens with zero attached hydrogens (tertiary/aromatic N) is 2. The molecule has 0 atom stereocenters. The summed E-state index contributed by atoms with van der Waals surface area (Å²) in [6.45, 7) is 0.598. The van der Waals surface area contributed by atoms with E-state index >= 15 is 0 Å². The number of nitrogens with two attached hydrogens (primary N) is 2. The number of anilines is 2. The molecule has 32 heavy (non-hydrogen) atoms. The Kier molecular flexibility index (Phi) is 5.00. The first-order valence-electron chi connectivity index (χ1n) is 9.90. The largest absolute Gasteiger partial charge is 0.481 e. The average Bonchev–Trinajstić information content (AvgIpc) is 3.28. The van der Waals surface area contributed by atoms with Crippen LogP contribution in [-0.2, 0) is 17.8 Å². The Bertz CT molecular complexity index is 1480. The molecule has 0 aliphatic heterocycles. The van der Waals surface area contributed by atoms with Crippen molar-refractivity contribution in [3.05, 3.63) is 76.3 Å². The second kappa shape index (κ2) is 7.85. The van der Waals surface area contributed by atoms with Gasteiger partial charge in [0.15, 0.2) is 0 Å². The van der Waals surface area contributed by atoms with Crippen LogP contribution in [0.3, 0.4) is 0 Å². The highest BCUT2D eigenvalue weighted by molar-refractivity contribution is 7.17. The lowest BCUT2D eigenvalue weighted by Crippen LogP contribution is -2.00. The number of aromatic nitrogens is 2. The van der Waals surface area contributed by atoms with E-state index in [2.05, 4.69) is 14.9 Å². The molecule has 5 rings (SSSR count). The summed E-state index contributed by atoms with van der Waals surface area (Å²) < 4.78 is 3.25. The molecule has 0 saturated carbocycles. The van der Waals surface area contributed by atoms with Gasteiger partial charge in [-0.25, -0.2) is 4.98 Å². The monoisotopic (exact) mass is 462 g/mol. The first kappa shape index (κ1) is 20.4. The first-order chi connectivity index (χ1) is 15.4. The van der Waals surface area contributed by atoms with Crippen molar-refractivity contribution in [3.8, 4) is 11.1 Å². The molecule has 5 aromatic rings. The van der Waals surface area contributed by atoms with E-state index in [0.29, 0.717) is 23.2 Å². The number of carboxylic acids is 1. The number of thiophene rings is 1. The molecule has 5 N–H and O–H groups in total. The van der Waals surface area contributed by atoms with Gasteiger partial charge in [-0.15, -0.1) is 11.3 Å². The van der Waals surface area contributed by atoms with Crippen LogP contribution in [-0.4, -0.2) is 20.6 Å². The first-order valence-corrected chi connectivity index (χ1v) is 11.2. The van der Waals surface area contributed by atoms with Gasteiger partial charge < -0.3 is 21.1 Å². The molecule has 0 saturated heterocycles. The van der Waals surface area contributed by atoms with E-state index in [9.17, 15) is 9.90 Å². The van der Waals surface area contributed by atoms with Crippen molar-refractivity contribution in [1.82, 2.24) is 9.55 Å². The van der Waals surface area contributed by atoms with Crippen molar-refractivity contribution in [2.24, 2.45) is 0 Å². The van der Waals surface area contributed by atoms with E-state index in [-0.39, 0.29) is 6.42 Å². The third kappa shape index (κ3) is 3.77. The van der Waals surface area contributed by atoms with E-state index < -0.39 is 5.97 Å². The van der Waals surface area contributed by atoms with Gasteiger partial charge in [-0.2, -0.15) is 0 Å². The van der Waals surface area contributed by atoms with Gasteiger partial charge in [-0.05, 0) is 69.4 Å². The summed E-state index contributed by atoms with van der Waals surface area (Å²) in [7, 11) is 0. The third-order valence-corrected chi connectivity index (χ3v) is 6.71. The maximum atomic E-state index is 11.5. The Hall–Kier alpha value is -3.55. The van der Waals surface area contributed by atoms with Gasteiger partial charge in [0, 0.05) is 33.4 Å². The Morgan fingerprint density at radius 2 is 1.78 bits per heavy atom. The number of carbonyl (C=O) groups is 1. The lowest BCUT2D eigenvalue weighted by Gasteiger charge is -2.08. The van der Waals surface area contributed by atoms with Gasteiger partial charge in [-0.3, -0.25) is 4.79 Å². The smallest absolute Gasteiger partial charge is 0.307 e. The number of hydrogen-bond acceptors (Lipinski definition) is 5.